The summed E-state index contributed by atoms with van der Waals surface area (Å²) in [5, 5.41) is -0.386. The summed E-state index contributed by atoms with van der Waals surface area (Å²) >= 11 is 18.3. The van der Waals surface area contributed by atoms with E-state index >= 15 is 0 Å². The van der Waals surface area contributed by atoms with Gasteiger partial charge in [-0.15, -0.1) is 11.6 Å². The standard InChI is InChI=1S/C11H7Cl3O2/c12-8-5-3-1-2-4-6(5)9-7(8)11(13,14)10(15)16-9/h1-4,7-9H/t7-,8+,9+/m0/s1. The molecule has 3 rings (SSSR count). The van der Waals surface area contributed by atoms with Crippen molar-refractivity contribution in [3.05, 3.63) is 35.4 Å². The second-order valence-corrected chi connectivity index (χ2v) is 5.86. The highest BCUT2D eigenvalue weighted by molar-refractivity contribution is 6.58. The van der Waals surface area contributed by atoms with Crippen molar-refractivity contribution < 1.29 is 9.53 Å². The average Bonchev–Trinajstić information content (AvgIpc) is 2.65. The fourth-order valence-corrected chi connectivity index (χ4v) is 3.62. The fraction of sp³-hybridized carbons (Fsp3) is 0.364. The molecule has 0 radical (unpaired) electrons. The summed E-state index contributed by atoms with van der Waals surface area (Å²) in [5.74, 6) is -1.02. The molecule has 0 amide bonds. The van der Waals surface area contributed by atoms with Crippen LogP contribution in [0.1, 0.15) is 22.6 Å². The maximum absolute atomic E-state index is 11.5. The molecule has 2 aliphatic rings. The van der Waals surface area contributed by atoms with Crippen LogP contribution in [0, 0.1) is 5.92 Å². The van der Waals surface area contributed by atoms with Crippen LogP contribution in [-0.4, -0.2) is 10.3 Å². The minimum Gasteiger partial charge on any atom is -0.455 e. The quantitative estimate of drug-likeness (QED) is 0.537. The molecule has 0 aromatic heterocycles. The Kier molecular flexibility index (Phi) is 2.19. The maximum atomic E-state index is 11.5. The molecule has 5 heteroatoms. The van der Waals surface area contributed by atoms with Crippen LogP contribution in [0.15, 0.2) is 24.3 Å². The molecule has 16 heavy (non-hydrogen) atoms. The number of rotatable bonds is 0. The van der Waals surface area contributed by atoms with Crippen LogP contribution in [0.2, 0.25) is 0 Å². The van der Waals surface area contributed by atoms with Crippen LogP contribution in [0.5, 0.6) is 0 Å². The highest BCUT2D eigenvalue weighted by Crippen LogP contribution is 2.60. The van der Waals surface area contributed by atoms with Gasteiger partial charge in [0.05, 0.1) is 11.3 Å². The molecule has 1 fully saturated rings. The molecule has 1 aromatic carbocycles. The lowest BCUT2D eigenvalue weighted by molar-refractivity contribution is -0.142. The van der Waals surface area contributed by atoms with E-state index in [1.54, 1.807) is 0 Å². The second-order valence-electron chi connectivity index (χ2n) is 4.01. The number of esters is 1. The van der Waals surface area contributed by atoms with E-state index in [9.17, 15) is 4.79 Å². The molecule has 0 bridgehead atoms. The summed E-state index contributed by atoms with van der Waals surface area (Å²) in [5.41, 5.74) is 1.85. The third-order valence-corrected chi connectivity index (χ3v) is 4.49. The number of alkyl halides is 3. The molecule has 3 atom stereocenters. The Hall–Kier alpha value is -0.440. The molecule has 1 aliphatic heterocycles. The van der Waals surface area contributed by atoms with E-state index in [0.717, 1.165) is 11.1 Å². The summed E-state index contributed by atoms with van der Waals surface area (Å²) in [6, 6.07) is 7.56. The van der Waals surface area contributed by atoms with Crippen molar-refractivity contribution in [3.63, 3.8) is 0 Å². The smallest absolute Gasteiger partial charge is 0.343 e. The van der Waals surface area contributed by atoms with Gasteiger partial charge in [0.15, 0.2) is 0 Å². The predicted octanol–water partition coefficient (Wildman–Crippen LogP) is 3.37. The van der Waals surface area contributed by atoms with Crippen LogP contribution in [0.4, 0.5) is 0 Å². The number of carbonyl (C=O) groups excluding carboxylic acids is 1. The van der Waals surface area contributed by atoms with E-state index in [4.69, 9.17) is 39.5 Å². The molecular formula is C11H7Cl3O2. The summed E-state index contributed by atoms with van der Waals surface area (Å²) in [4.78, 5) is 11.5. The Labute approximate surface area is 107 Å². The van der Waals surface area contributed by atoms with Crippen molar-refractivity contribution in [2.75, 3.05) is 0 Å². The number of benzene rings is 1. The van der Waals surface area contributed by atoms with Gasteiger partial charge in [0.25, 0.3) is 0 Å². The molecule has 1 saturated heterocycles. The minimum absolute atomic E-state index is 0.386. The van der Waals surface area contributed by atoms with E-state index < -0.39 is 22.3 Å². The predicted molar refractivity (Wildman–Crippen MR) is 61.8 cm³/mol. The monoisotopic (exact) mass is 276 g/mol. The largest absolute Gasteiger partial charge is 0.455 e. The number of hydrogen-bond donors (Lipinski definition) is 0. The number of carbonyl (C=O) groups is 1. The van der Waals surface area contributed by atoms with Gasteiger partial charge in [-0.1, -0.05) is 47.5 Å². The van der Waals surface area contributed by atoms with Crippen molar-refractivity contribution in [2.45, 2.75) is 15.8 Å². The van der Waals surface area contributed by atoms with E-state index in [1.165, 1.54) is 0 Å². The zero-order chi connectivity index (χ0) is 11.5. The minimum atomic E-state index is -1.55. The molecular weight excluding hydrogens is 270 g/mol. The van der Waals surface area contributed by atoms with Gasteiger partial charge in [-0.3, -0.25) is 0 Å². The number of hydrogen-bond acceptors (Lipinski definition) is 2. The van der Waals surface area contributed by atoms with Crippen molar-refractivity contribution >= 4 is 40.8 Å². The normalized spacial score (nSPS) is 34.4. The molecule has 0 spiro atoms. The number of fused-ring (bicyclic) bond motifs is 3. The third kappa shape index (κ3) is 1.18. The van der Waals surface area contributed by atoms with Gasteiger partial charge >= 0.3 is 5.97 Å². The zero-order valence-corrected chi connectivity index (χ0v) is 10.3. The highest BCUT2D eigenvalue weighted by atomic mass is 35.5. The molecule has 84 valence electrons. The second kappa shape index (κ2) is 3.28. The van der Waals surface area contributed by atoms with E-state index in [1.807, 2.05) is 24.3 Å². The van der Waals surface area contributed by atoms with E-state index in [-0.39, 0.29) is 5.38 Å². The van der Waals surface area contributed by atoms with Crippen molar-refractivity contribution in [2.24, 2.45) is 5.92 Å². The summed E-state index contributed by atoms with van der Waals surface area (Å²) in [6.07, 6.45) is -0.416. The topological polar surface area (TPSA) is 26.3 Å². The number of halogens is 3. The van der Waals surface area contributed by atoms with Crippen molar-refractivity contribution in [1.82, 2.24) is 0 Å². The number of ether oxygens (including phenoxy) is 1. The lowest BCUT2D eigenvalue weighted by Crippen LogP contribution is -2.29. The average molecular weight is 278 g/mol. The first-order valence-corrected chi connectivity index (χ1v) is 6.04. The van der Waals surface area contributed by atoms with Crippen LogP contribution < -0.4 is 0 Å². The molecule has 0 unspecified atom stereocenters. The van der Waals surface area contributed by atoms with Gasteiger partial charge in [-0.05, 0) is 11.1 Å². The Balaban J connectivity index is 2.15. The first-order valence-electron chi connectivity index (χ1n) is 4.85. The van der Waals surface area contributed by atoms with Crippen molar-refractivity contribution in [3.8, 4) is 0 Å². The first-order chi connectivity index (χ1) is 7.53. The highest BCUT2D eigenvalue weighted by Gasteiger charge is 2.62. The van der Waals surface area contributed by atoms with Gasteiger partial charge < -0.3 is 4.74 Å². The summed E-state index contributed by atoms with van der Waals surface area (Å²) in [7, 11) is 0. The van der Waals surface area contributed by atoms with Gasteiger partial charge in [-0.2, -0.15) is 0 Å². The van der Waals surface area contributed by atoms with Crippen molar-refractivity contribution in [1.29, 1.82) is 0 Å². The van der Waals surface area contributed by atoms with Crippen LogP contribution in [0.3, 0.4) is 0 Å². The summed E-state index contributed by atoms with van der Waals surface area (Å²) in [6.45, 7) is 0. The summed E-state index contributed by atoms with van der Waals surface area (Å²) < 4.78 is 3.66. The molecule has 0 saturated carbocycles. The Morgan fingerprint density at radius 1 is 1.19 bits per heavy atom. The first kappa shape index (κ1) is 10.7. The lowest BCUT2D eigenvalue weighted by atomic mass is 10.0. The van der Waals surface area contributed by atoms with Gasteiger partial charge in [0.2, 0.25) is 4.33 Å². The third-order valence-electron chi connectivity index (χ3n) is 3.17. The van der Waals surface area contributed by atoms with E-state index in [0.29, 0.717) is 0 Å². The van der Waals surface area contributed by atoms with Gasteiger partial charge in [0, 0.05) is 0 Å². The van der Waals surface area contributed by atoms with Crippen LogP contribution in [-0.2, 0) is 9.53 Å². The zero-order valence-electron chi connectivity index (χ0n) is 7.99. The van der Waals surface area contributed by atoms with Gasteiger partial charge in [-0.25, -0.2) is 4.79 Å². The maximum Gasteiger partial charge on any atom is 0.343 e. The molecule has 1 aromatic rings. The molecule has 1 heterocycles. The Morgan fingerprint density at radius 2 is 1.81 bits per heavy atom. The molecule has 2 nitrogen and oxygen atoms in total. The van der Waals surface area contributed by atoms with Crippen LogP contribution >= 0.6 is 34.8 Å². The Morgan fingerprint density at radius 3 is 2.50 bits per heavy atom. The van der Waals surface area contributed by atoms with E-state index in [2.05, 4.69) is 0 Å². The molecule has 1 aliphatic carbocycles. The molecule has 0 N–H and O–H groups in total. The van der Waals surface area contributed by atoms with Crippen LogP contribution in [0.25, 0.3) is 0 Å². The fourth-order valence-electron chi connectivity index (χ4n) is 2.40. The SMILES string of the molecule is O=C1O[C@@H]2c3ccccc3[C@@H](Cl)[C@@H]2C1(Cl)Cl. The lowest BCUT2D eigenvalue weighted by Gasteiger charge is -2.18. The Bertz CT molecular complexity index is 472. The van der Waals surface area contributed by atoms with Gasteiger partial charge in [0.1, 0.15) is 6.10 Å².